The van der Waals surface area contributed by atoms with Gasteiger partial charge in [-0.2, -0.15) is 0 Å². The van der Waals surface area contributed by atoms with Crippen molar-refractivity contribution in [1.29, 1.82) is 0 Å². The molecule has 1 unspecified atom stereocenters. The largest absolute Gasteiger partial charge is 0.391 e. The Kier molecular flexibility index (Phi) is 20.4. The molecular weight excluding hydrogens is 524 g/mol. The van der Waals surface area contributed by atoms with Gasteiger partial charge in [0.25, 0.3) is 0 Å². The van der Waals surface area contributed by atoms with Crippen molar-refractivity contribution in [3.63, 3.8) is 0 Å². The SMILES string of the molecule is C/C=C(/C)COOCC(O)CC.[W].[W]. The molecule has 3 nitrogen and oxygen atoms in total. The summed E-state index contributed by atoms with van der Waals surface area (Å²) in [5.74, 6) is 0. The predicted molar refractivity (Wildman–Crippen MR) is 47.6 cm³/mol. The zero-order chi connectivity index (χ0) is 9.40. The molecule has 0 saturated heterocycles. The van der Waals surface area contributed by atoms with Crippen molar-refractivity contribution >= 4 is 0 Å². The molecule has 0 rings (SSSR count). The molecule has 5 heteroatoms. The first-order valence-corrected chi connectivity index (χ1v) is 4.25. The van der Waals surface area contributed by atoms with Crippen LogP contribution in [-0.2, 0) is 51.9 Å². The van der Waals surface area contributed by atoms with Crippen LogP contribution in [-0.4, -0.2) is 24.4 Å². The Hall–Kier alpha value is 0.997. The van der Waals surface area contributed by atoms with Crippen molar-refractivity contribution < 1.29 is 57.0 Å². The summed E-state index contributed by atoms with van der Waals surface area (Å²) in [6.45, 7) is 6.50. The van der Waals surface area contributed by atoms with Crippen molar-refractivity contribution in [2.75, 3.05) is 13.2 Å². The fourth-order valence-electron chi connectivity index (χ4n) is 0.462. The molecule has 1 N–H and O–H groups in total. The van der Waals surface area contributed by atoms with Crippen LogP contribution in [0.25, 0.3) is 0 Å². The summed E-state index contributed by atoms with van der Waals surface area (Å²) in [6, 6.07) is 0. The standard InChI is InChI=1S/C9H18O3.2W/c1-4-8(3)6-11-12-7-9(10)5-2;;/h4,9-10H,5-7H2,1-3H3;;/b8-4-;;. The van der Waals surface area contributed by atoms with Gasteiger partial charge in [0.2, 0.25) is 0 Å². The molecule has 0 aliphatic rings. The molecule has 0 saturated carbocycles. The summed E-state index contributed by atoms with van der Waals surface area (Å²) in [4.78, 5) is 9.60. The second-order valence-corrected chi connectivity index (χ2v) is 2.74. The average molecular weight is 542 g/mol. The van der Waals surface area contributed by atoms with E-state index in [1.165, 1.54) is 0 Å². The van der Waals surface area contributed by atoms with Gasteiger partial charge in [0.15, 0.2) is 0 Å². The molecule has 0 aromatic heterocycles. The van der Waals surface area contributed by atoms with Gasteiger partial charge in [0, 0.05) is 42.1 Å². The van der Waals surface area contributed by atoms with E-state index in [9.17, 15) is 0 Å². The van der Waals surface area contributed by atoms with Crippen LogP contribution in [0, 0.1) is 0 Å². The number of allylic oxidation sites excluding steroid dienone is 1. The molecule has 0 bridgehead atoms. The molecule has 0 aliphatic heterocycles. The third-order valence-electron chi connectivity index (χ3n) is 1.59. The first-order chi connectivity index (χ1) is 5.70. The monoisotopic (exact) mass is 542 g/mol. The van der Waals surface area contributed by atoms with Gasteiger partial charge in [0.05, 0.1) is 6.10 Å². The molecule has 0 aromatic rings. The second kappa shape index (κ2) is 14.0. The Balaban J connectivity index is -0.000000605. The first kappa shape index (κ1) is 20.4. The van der Waals surface area contributed by atoms with Gasteiger partial charge in [-0.3, -0.25) is 0 Å². The van der Waals surface area contributed by atoms with E-state index >= 15 is 0 Å². The van der Waals surface area contributed by atoms with E-state index in [-0.39, 0.29) is 48.7 Å². The molecule has 0 aromatic carbocycles. The maximum atomic E-state index is 9.06. The third-order valence-corrected chi connectivity index (χ3v) is 1.59. The minimum absolute atomic E-state index is 0. The summed E-state index contributed by atoms with van der Waals surface area (Å²) >= 11 is 0. The number of rotatable bonds is 6. The molecule has 84 valence electrons. The number of aliphatic hydroxyl groups excluding tert-OH is 1. The van der Waals surface area contributed by atoms with Crippen LogP contribution in [0.3, 0.4) is 0 Å². The zero-order valence-electron chi connectivity index (χ0n) is 8.86. The van der Waals surface area contributed by atoms with Crippen LogP contribution in [0.5, 0.6) is 0 Å². The Labute approximate surface area is 115 Å². The first-order valence-electron chi connectivity index (χ1n) is 4.25. The molecule has 14 heavy (non-hydrogen) atoms. The van der Waals surface area contributed by atoms with Crippen molar-refractivity contribution in [3.05, 3.63) is 11.6 Å². The number of hydrogen-bond donors (Lipinski definition) is 1. The van der Waals surface area contributed by atoms with Gasteiger partial charge in [0.1, 0.15) is 13.2 Å². The molecule has 1 atom stereocenters. The summed E-state index contributed by atoms with van der Waals surface area (Å²) in [5.41, 5.74) is 1.11. The van der Waals surface area contributed by atoms with Crippen LogP contribution in [0.15, 0.2) is 11.6 Å². The van der Waals surface area contributed by atoms with Crippen LogP contribution in [0.2, 0.25) is 0 Å². The third kappa shape index (κ3) is 13.0. The molecular formula is C9H18O3W2. The normalized spacial score (nSPS) is 12.7. The summed E-state index contributed by atoms with van der Waals surface area (Å²) in [6.07, 6.45) is 2.22. The van der Waals surface area contributed by atoms with Crippen LogP contribution < -0.4 is 0 Å². The molecule has 0 fully saturated rings. The summed E-state index contributed by atoms with van der Waals surface area (Å²) in [7, 11) is 0. The Bertz CT molecular complexity index is 140. The van der Waals surface area contributed by atoms with Gasteiger partial charge in [-0.15, -0.1) is 0 Å². The molecule has 0 amide bonds. The predicted octanol–water partition coefficient (Wildman–Crippen LogP) is 1.67. The maximum Gasteiger partial charge on any atom is 0.108 e. The van der Waals surface area contributed by atoms with Crippen LogP contribution in [0.1, 0.15) is 27.2 Å². The van der Waals surface area contributed by atoms with E-state index in [2.05, 4.69) is 0 Å². The topological polar surface area (TPSA) is 38.7 Å². The molecule has 0 heterocycles. The van der Waals surface area contributed by atoms with E-state index in [1.807, 2.05) is 26.8 Å². The smallest absolute Gasteiger partial charge is 0.108 e. The van der Waals surface area contributed by atoms with Crippen molar-refractivity contribution in [2.24, 2.45) is 0 Å². The number of aliphatic hydroxyl groups is 1. The zero-order valence-corrected chi connectivity index (χ0v) is 14.7. The molecule has 0 aliphatic carbocycles. The van der Waals surface area contributed by atoms with E-state index in [1.54, 1.807) is 0 Å². The van der Waals surface area contributed by atoms with Gasteiger partial charge >= 0.3 is 0 Å². The second-order valence-electron chi connectivity index (χ2n) is 2.74. The van der Waals surface area contributed by atoms with Gasteiger partial charge in [-0.05, 0) is 25.8 Å². The number of hydrogen-bond acceptors (Lipinski definition) is 3. The Morgan fingerprint density at radius 3 is 2.36 bits per heavy atom. The fourth-order valence-corrected chi connectivity index (χ4v) is 0.462. The maximum absolute atomic E-state index is 9.06. The minimum Gasteiger partial charge on any atom is -0.391 e. The van der Waals surface area contributed by atoms with E-state index in [4.69, 9.17) is 14.9 Å². The summed E-state index contributed by atoms with van der Waals surface area (Å²) in [5, 5.41) is 9.06. The quantitative estimate of drug-likeness (QED) is 0.241. The van der Waals surface area contributed by atoms with Gasteiger partial charge in [-0.25, -0.2) is 9.78 Å². The van der Waals surface area contributed by atoms with E-state index in [0.29, 0.717) is 13.0 Å². The summed E-state index contributed by atoms with van der Waals surface area (Å²) < 4.78 is 0. The average Bonchev–Trinajstić information content (AvgIpc) is 2.11. The minimum atomic E-state index is -0.420. The Morgan fingerprint density at radius 2 is 1.93 bits per heavy atom. The van der Waals surface area contributed by atoms with Crippen molar-refractivity contribution in [1.82, 2.24) is 0 Å². The van der Waals surface area contributed by atoms with Gasteiger partial charge in [-0.1, -0.05) is 13.0 Å². The molecule has 0 radical (unpaired) electrons. The molecule has 0 spiro atoms. The van der Waals surface area contributed by atoms with Crippen molar-refractivity contribution in [3.8, 4) is 0 Å². The van der Waals surface area contributed by atoms with Crippen molar-refractivity contribution in [2.45, 2.75) is 33.3 Å². The Morgan fingerprint density at radius 1 is 1.36 bits per heavy atom. The van der Waals surface area contributed by atoms with Crippen LogP contribution in [0.4, 0.5) is 0 Å². The van der Waals surface area contributed by atoms with Gasteiger partial charge < -0.3 is 5.11 Å². The fraction of sp³-hybridized carbons (Fsp3) is 0.778. The van der Waals surface area contributed by atoms with E-state index in [0.717, 1.165) is 5.57 Å². The van der Waals surface area contributed by atoms with Crippen LogP contribution >= 0.6 is 0 Å². The van der Waals surface area contributed by atoms with E-state index < -0.39 is 6.10 Å².